The number of carbonyl (C=O) groups is 1. The van der Waals surface area contributed by atoms with E-state index in [4.69, 9.17) is 9.47 Å². The second-order valence-electron chi connectivity index (χ2n) is 4.84. The van der Waals surface area contributed by atoms with E-state index in [1.165, 1.54) is 7.11 Å². The Morgan fingerprint density at radius 3 is 2.00 bits per heavy atom. The standard InChI is InChI=1S/C17H16O3/c1-3-17(16(18)19-2)12-8-4-6-10-14(12)20-15-11-7-5-9-13(15)17/h4-11H,3H2,1-2H3. The van der Waals surface area contributed by atoms with E-state index in [1.807, 2.05) is 55.5 Å². The Kier molecular flexibility index (Phi) is 2.97. The van der Waals surface area contributed by atoms with E-state index in [-0.39, 0.29) is 5.97 Å². The van der Waals surface area contributed by atoms with E-state index < -0.39 is 5.41 Å². The van der Waals surface area contributed by atoms with Crippen molar-refractivity contribution in [2.24, 2.45) is 0 Å². The second-order valence-corrected chi connectivity index (χ2v) is 4.84. The molecule has 3 nitrogen and oxygen atoms in total. The molecule has 0 atom stereocenters. The highest BCUT2D eigenvalue weighted by Gasteiger charge is 2.47. The van der Waals surface area contributed by atoms with Crippen LogP contribution in [0, 0.1) is 0 Å². The number of para-hydroxylation sites is 2. The summed E-state index contributed by atoms with van der Waals surface area (Å²) >= 11 is 0. The Labute approximate surface area is 118 Å². The van der Waals surface area contributed by atoms with Crippen LogP contribution < -0.4 is 4.74 Å². The van der Waals surface area contributed by atoms with Crippen molar-refractivity contribution in [2.75, 3.05) is 7.11 Å². The Morgan fingerprint density at radius 2 is 1.55 bits per heavy atom. The molecular weight excluding hydrogens is 252 g/mol. The quantitative estimate of drug-likeness (QED) is 0.780. The molecule has 2 aromatic rings. The third-order valence-corrected chi connectivity index (χ3v) is 3.98. The van der Waals surface area contributed by atoms with E-state index in [0.717, 1.165) is 22.6 Å². The Bertz CT molecular complexity index is 615. The molecule has 1 aliphatic rings. The van der Waals surface area contributed by atoms with Gasteiger partial charge in [-0.2, -0.15) is 0 Å². The van der Waals surface area contributed by atoms with Crippen LogP contribution in [0.3, 0.4) is 0 Å². The van der Waals surface area contributed by atoms with Crippen LogP contribution in [0.2, 0.25) is 0 Å². The van der Waals surface area contributed by atoms with Crippen molar-refractivity contribution in [1.29, 1.82) is 0 Å². The Balaban J connectivity index is 2.34. The molecule has 3 heteroatoms. The molecule has 0 amide bonds. The molecule has 0 fully saturated rings. The fourth-order valence-corrected chi connectivity index (χ4v) is 3.00. The van der Waals surface area contributed by atoms with Gasteiger partial charge in [0.1, 0.15) is 16.9 Å². The van der Waals surface area contributed by atoms with Crippen molar-refractivity contribution in [1.82, 2.24) is 0 Å². The minimum atomic E-state index is -0.791. The van der Waals surface area contributed by atoms with Crippen LogP contribution >= 0.6 is 0 Å². The molecule has 0 saturated carbocycles. The highest BCUT2D eigenvalue weighted by molar-refractivity contribution is 5.90. The monoisotopic (exact) mass is 268 g/mol. The maximum Gasteiger partial charge on any atom is 0.321 e. The van der Waals surface area contributed by atoms with Gasteiger partial charge in [-0.1, -0.05) is 43.3 Å². The molecule has 3 rings (SSSR count). The molecule has 0 N–H and O–H groups in total. The van der Waals surface area contributed by atoms with Gasteiger partial charge in [0.25, 0.3) is 0 Å². The van der Waals surface area contributed by atoms with Gasteiger partial charge in [0, 0.05) is 11.1 Å². The van der Waals surface area contributed by atoms with E-state index >= 15 is 0 Å². The molecule has 0 unspecified atom stereocenters. The van der Waals surface area contributed by atoms with Gasteiger partial charge in [-0.15, -0.1) is 0 Å². The molecule has 0 aliphatic carbocycles. The minimum Gasteiger partial charge on any atom is -0.468 e. The minimum absolute atomic E-state index is 0.247. The van der Waals surface area contributed by atoms with Crippen molar-refractivity contribution < 1.29 is 14.3 Å². The number of fused-ring (bicyclic) bond motifs is 2. The van der Waals surface area contributed by atoms with Crippen LogP contribution in [0.5, 0.6) is 11.5 Å². The number of hydrogen-bond donors (Lipinski definition) is 0. The van der Waals surface area contributed by atoms with Gasteiger partial charge in [-0.3, -0.25) is 4.79 Å². The molecule has 0 aromatic heterocycles. The highest BCUT2D eigenvalue weighted by atomic mass is 16.5. The maximum absolute atomic E-state index is 12.6. The van der Waals surface area contributed by atoms with Gasteiger partial charge in [0.2, 0.25) is 0 Å². The second kappa shape index (κ2) is 4.67. The molecule has 0 bridgehead atoms. The van der Waals surface area contributed by atoms with Crippen LogP contribution in [0.1, 0.15) is 24.5 Å². The van der Waals surface area contributed by atoms with E-state index in [0.29, 0.717) is 6.42 Å². The molecular formula is C17H16O3. The Morgan fingerprint density at radius 1 is 1.05 bits per heavy atom. The third-order valence-electron chi connectivity index (χ3n) is 3.98. The van der Waals surface area contributed by atoms with Crippen LogP contribution in [-0.2, 0) is 14.9 Å². The first kappa shape index (κ1) is 12.7. The molecule has 1 aliphatic heterocycles. The van der Waals surface area contributed by atoms with Crippen molar-refractivity contribution in [2.45, 2.75) is 18.8 Å². The van der Waals surface area contributed by atoms with Gasteiger partial charge in [-0.05, 0) is 18.6 Å². The number of ether oxygens (including phenoxy) is 2. The summed E-state index contributed by atoms with van der Waals surface area (Å²) in [5.41, 5.74) is 0.946. The molecule has 2 aromatic carbocycles. The first-order valence-corrected chi connectivity index (χ1v) is 6.69. The van der Waals surface area contributed by atoms with Crippen LogP contribution in [0.25, 0.3) is 0 Å². The van der Waals surface area contributed by atoms with Crippen LogP contribution in [0.4, 0.5) is 0 Å². The van der Waals surface area contributed by atoms with E-state index in [2.05, 4.69) is 0 Å². The van der Waals surface area contributed by atoms with Crippen molar-refractivity contribution in [3.05, 3.63) is 59.7 Å². The first-order chi connectivity index (χ1) is 9.74. The van der Waals surface area contributed by atoms with E-state index in [9.17, 15) is 4.79 Å². The third kappa shape index (κ3) is 1.56. The van der Waals surface area contributed by atoms with Gasteiger partial charge >= 0.3 is 5.97 Å². The lowest BCUT2D eigenvalue weighted by Crippen LogP contribution is -2.40. The summed E-state index contributed by atoms with van der Waals surface area (Å²) in [4.78, 5) is 12.6. The maximum atomic E-state index is 12.6. The van der Waals surface area contributed by atoms with Gasteiger partial charge < -0.3 is 9.47 Å². The lowest BCUT2D eigenvalue weighted by atomic mass is 9.70. The van der Waals surface area contributed by atoms with Crippen molar-refractivity contribution in [3.63, 3.8) is 0 Å². The molecule has 102 valence electrons. The predicted molar refractivity (Wildman–Crippen MR) is 76.0 cm³/mol. The van der Waals surface area contributed by atoms with Gasteiger partial charge in [0.05, 0.1) is 7.11 Å². The number of rotatable bonds is 2. The zero-order valence-electron chi connectivity index (χ0n) is 11.6. The number of methoxy groups -OCH3 is 1. The molecule has 20 heavy (non-hydrogen) atoms. The van der Waals surface area contributed by atoms with E-state index in [1.54, 1.807) is 0 Å². The lowest BCUT2D eigenvalue weighted by molar-refractivity contribution is -0.146. The fraction of sp³-hybridized carbons (Fsp3) is 0.235. The topological polar surface area (TPSA) is 35.5 Å². The summed E-state index contributed by atoms with van der Waals surface area (Å²) in [7, 11) is 1.43. The normalized spacial score (nSPS) is 14.7. The van der Waals surface area contributed by atoms with Gasteiger partial charge in [0.15, 0.2) is 0 Å². The summed E-state index contributed by atoms with van der Waals surface area (Å²) in [6.45, 7) is 2.00. The average Bonchev–Trinajstić information content (AvgIpc) is 2.52. The lowest BCUT2D eigenvalue weighted by Gasteiger charge is -2.37. The first-order valence-electron chi connectivity index (χ1n) is 6.69. The molecule has 0 radical (unpaired) electrons. The summed E-state index contributed by atoms with van der Waals surface area (Å²) < 4.78 is 11.0. The number of esters is 1. The molecule has 1 heterocycles. The predicted octanol–water partition coefficient (Wildman–Crippen LogP) is 3.66. The summed E-state index contributed by atoms with van der Waals surface area (Å²) in [5, 5.41) is 0. The summed E-state index contributed by atoms with van der Waals surface area (Å²) in [5.74, 6) is 1.19. The van der Waals surface area contributed by atoms with Crippen LogP contribution in [0.15, 0.2) is 48.5 Å². The fourth-order valence-electron chi connectivity index (χ4n) is 3.00. The zero-order chi connectivity index (χ0) is 14.2. The number of benzene rings is 2. The largest absolute Gasteiger partial charge is 0.468 e. The highest BCUT2D eigenvalue weighted by Crippen LogP contribution is 2.50. The summed E-state index contributed by atoms with van der Waals surface area (Å²) in [6, 6.07) is 15.3. The smallest absolute Gasteiger partial charge is 0.321 e. The SMILES string of the molecule is CCC1(C(=O)OC)c2ccccc2Oc2ccccc21. The summed E-state index contributed by atoms with van der Waals surface area (Å²) in [6.07, 6.45) is 0.622. The van der Waals surface area contributed by atoms with Crippen molar-refractivity contribution >= 4 is 5.97 Å². The zero-order valence-corrected chi connectivity index (χ0v) is 11.6. The number of hydrogen-bond acceptors (Lipinski definition) is 3. The van der Waals surface area contributed by atoms with Crippen LogP contribution in [-0.4, -0.2) is 13.1 Å². The average molecular weight is 268 g/mol. The van der Waals surface area contributed by atoms with Gasteiger partial charge in [-0.25, -0.2) is 0 Å². The Hall–Kier alpha value is -2.29. The molecule has 0 spiro atoms. The molecule has 0 saturated heterocycles. The number of carbonyl (C=O) groups excluding carboxylic acids is 1. The van der Waals surface area contributed by atoms with Crippen molar-refractivity contribution in [3.8, 4) is 11.5 Å².